The molecule has 0 bridgehead atoms. The van der Waals surface area contributed by atoms with Crippen molar-refractivity contribution in [3.05, 3.63) is 77.4 Å². The monoisotopic (exact) mass is 440 g/mol. The zero-order valence-corrected chi connectivity index (χ0v) is 20.1. The van der Waals surface area contributed by atoms with Gasteiger partial charge in [-0.25, -0.2) is 9.50 Å². The Morgan fingerprint density at radius 3 is 2.73 bits per heavy atom. The van der Waals surface area contributed by atoms with Crippen LogP contribution in [0.4, 0.5) is 0 Å². The first-order chi connectivity index (χ1) is 15.9. The van der Waals surface area contributed by atoms with Gasteiger partial charge in [0.1, 0.15) is 0 Å². The standard InChI is InChI=1S/C27H32N6/c1-7-18(3)22-11-10-21(15-28)14-23(22)26(19(4)8-2)25(17-29-6)32-20(5)24-16-31-33-13-9-12-30-27(24)33/h9-14,16-19,32H,5,7-8H2,1-4,6H3/b26-25-,29-17-. The predicted molar refractivity (Wildman–Crippen MR) is 136 cm³/mol. The molecular formula is C27H32N6. The normalized spacial score (nSPS) is 14.1. The van der Waals surface area contributed by atoms with E-state index in [0.29, 0.717) is 17.2 Å². The van der Waals surface area contributed by atoms with Crippen LogP contribution in [-0.2, 0) is 0 Å². The molecule has 2 heterocycles. The summed E-state index contributed by atoms with van der Waals surface area (Å²) in [7, 11) is 1.76. The van der Waals surface area contributed by atoms with Crippen molar-refractivity contribution in [1.82, 2.24) is 19.9 Å². The summed E-state index contributed by atoms with van der Waals surface area (Å²) in [6, 6.07) is 10.2. The fourth-order valence-electron chi connectivity index (χ4n) is 3.96. The molecule has 1 aromatic carbocycles. The van der Waals surface area contributed by atoms with Crippen LogP contribution in [-0.4, -0.2) is 27.9 Å². The van der Waals surface area contributed by atoms with Gasteiger partial charge in [-0.1, -0.05) is 40.3 Å². The number of nitrogens with one attached hydrogen (secondary N) is 1. The van der Waals surface area contributed by atoms with E-state index >= 15 is 0 Å². The van der Waals surface area contributed by atoms with E-state index in [1.807, 2.05) is 30.6 Å². The summed E-state index contributed by atoms with van der Waals surface area (Å²) in [5, 5.41) is 17.5. The first-order valence-corrected chi connectivity index (χ1v) is 11.4. The number of fused-ring (bicyclic) bond motifs is 1. The average Bonchev–Trinajstić information content (AvgIpc) is 3.28. The summed E-state index contributed by atoms with van der Waals surface area (Å²) in [6.45, 7) is 13.1. The molecule has 6 heteroatoms. The molecule has 1 N–H and O–H groups in total. The van der Waals surface area contributed by atoms with Gasteiger partial charge in [-0.2, -0.15) is 10.4 Å². The van der Waals surface area contributed by atoms with Crippen molar-refractivity contribution in [3.63, 3.8) is 0 Å². The average molecular weight is 441 g/mol. The van der Waals surface area contributed by atoms with Crippen molar-refractivity contribution in [1.29, 1.82) is 5.26 Å². The molecule has 0 aliphatic carbocycles. The lowest BCUT2D eigenvalue weighted by Gasteiger charge is -2.25. The Morgan fingerprint density at radius 1 is 1.27 bits per heavy atom. The van der Waals surface area contributed by atoms with Crippen LogP contribution < -0.4 is 5.32 Å². The van der Waals surface area contributed by atoms with Gasteiger partial charge in [0.05, 0.1) is 29.1 Å². The van der Waals surface area contributed by atoms with Gasteiger partial charge >= 0.3 is 0 Å². The minimum Gasteiger partial charge on any atom is -0.354 e. The number of benzene rings is 1. The van der Waals surface area contributed by atoms with Gasteiger partial charge in [-0.15, -0.1) is 0 Å². The lowest BCUT2D eigenvalue weighted by Crippen LogP contribution is -2.18. The van der Waals surface area contributed by atoms with Crippen molar-refractivity contribution in [2.75, 3.05) is 7.05 Å². The molecule has 0 radical (unpaired) electrons. The molecule has 2 atom stereocenters. The third-order valence-electron chi connectivity index (χ3n) is 6.16. The lowest BCUT2D eigenvalue weighted by molar-refractivity contribution is 0.699. The third-order valence-corrected chi connectivity index (χ3v) is 6.16. The zero-order chi connectivity index (χ0) is 24.0. The Bertz CT molecular complexity index is 1240. The minimum atomic E-state index is 0.233. The lowest BCUT2D eigenvalue weighted by atomic mass is 9.82. The third kappa shape index (κ3) is 5.04. The summed E-state index contributed by atoms with van der Waals surface area (Å²) in [4.78, 5) is 8.80. The maximum Gasteiger partial charge on any atom is 0.164 e. The summed E-state index contributed by atoms with van der Waals surface area (Å²) >= 11 is 0. The molecule has 3 aromatic rings. The molecule has 0 aliphatic heterocycles. The molecule has 2 unspecified atom stereocenters. The summed E-state index contributed by atoms with van der Waals surface area (Å²) < 4.78 is 1.73. The van der Waals surface area contributed by atoms with E-state index in [1.54, 1.807) is 24.0 Å². The maximum atomic E-state index is 9.60. The van der Waals surface area contributed by atoms with Crippen molar-refractivity contribution in [2.24, 2.45) is 10.9 Å². The number of nitriles is 1. The fourth-order valence-corrected chi connectivity index (χ4v) is 3.96. The zero-order valence-electron chi connectivity index (χ0n) is 20.1. The SMILES string of the molecule is C=C(NC(/C=N\C)=C(\c1cc(C#N)ccc1C(C)CC)C(C)CC)c1cnn2cccnc12. The Labute approximate surface area is 196 Å². The van der Waals surface area contributed by atoms with E-state index in [2.05, 4.69) is 66.8 Å². The van der Waals surface area contributed by atoms with Crippen molar-refractivity contribution < 1.29 is 0 Å². The molecule has 6 nitrogen and oxygen atoms in total. The van der Waals surface area contributed by atoms with Crippen LogP contribution in [0.3, 0.4) is 0 Å². The molecule has 170 valence electrons. The smallest absolute Gasteiger partial charge is 0.164 e. The Kier molecular flexibility index (Phi) is 7.78. The quantitative estimate of drug-likeness (QED) is 0.424. The van der Waals surface area contributed by atoms with Gasteiger partial charge in [0.15, 0.2) is 5.65 Å². The van der Waals surface area contributed by atoms with E-state index < -0.39 is 0 Å². The van der Waals surface area contributed by atoms with E-state index in [0.717, 1.165) is 40.9 Å². The number of aliphatic imine (C=N–C) groups is 1. The molecule has 0 spiro atoms. The maximum absolute atomic E-state index is 9.60. The van der Waals surface area contributed by atoms with Crippen LogP contribution >= 0.6 is 0 Å². The van der Waals surface area contributed by atoms with Gasteiger partial charge in [0.25, 0.3) is 0 Å². The van der Waals surface area contributed by atoms with Gasteiger partial charge in [0.2, 0.25) is 0 Å². The minimum absolute atomic E-state index is 0.233. The number of nitrogens with zero attached hydrogens (tertiary/aromatic N) is 5. The van der Waals surface area contributed by atoms with Gasteiger partial charge in [0, 0.05) is 31.4 Å². The van der Waals surface area contributed by atoms with Crippen molar-refractivity contribution in [2.45, 2.75) is 46.5 Å². The van der Waals surface area contributed by atoms with Gasteiger partial charge in [-0.3, -0.25) is 4.99 Å². The number of aromatic nitrogens is 3. The topological polar surface area (TPSA) is 78.4 Å². The van der Waals surface area contributed by atoms with Gasteiger partial charge in [-0.05, 0) is 59.6 Å². The number of hydrogen-bond acceptors (Lipinski definition) is 5. The molecule has 0 fully saturated rings. The van der Waals surface area contributed by atoms with E-state index in [1.165, 1.54) is 5.56 Å². The Balaban J connectivity index is 2.20. The van der Waals surface area contributed by atoms with Crippen LogP contribution in [0.15, 0.2) is 60.1 Å². The molecule has 0 amide bonds. The summed E-state index contributed by atoms with van der Waals surface area (Å²) in [6.07, 6.45) is 9.17. The van der Waals surface area contributed by atoms with E-state index in [4.69, 9.17) is 0 Å². The highest BCUT2D eigenvalue weighted by Gasteiger charge is 2.21. The summed E-state index contributed by atoms with van der Waals surface area (Å²) in [5.41, 5.74) is 7.23. The van der Waals surface area contributed by atoms with E-state index in [9.17, 15) is 5.26 Å². The highest BCUT2D eigenvalue weighted by atomic mass is 15.2. The molecule has 0 saturated heterocycles. The highest BCUT2D eigenvalue weighted by molar-refractivity contribution is 5.94. The molecule has 0 saturated carbocycles. The second-order valence-electron chi connectivity index (χ2n) is 8.30. The number of hydrogen-bond donors (Lipinski definition) is 1. The first kappa shape index (κ1) is 23.9. The molecular weight excluding hydrogens is 408 g/mol. The van der Waals surface area contributed by atoms with Crippen LogP contribution in [0.2, 0.25) is 0 Å². The largest absolute Gasteiger partial charge is 0.354 e. The van der Waals surface area contributed by atoms with E-state index in [-0.39, 0.29) is 5.92 Å². The van der Waals surface area contributed by atoms with Crippen molar-refractivity contribution in [3.8, 4) is 6.07 Å². The molecule has 0 aliphatic rings. The van der Waals surface area contributed by atoms with Crippen LogP contribution in [0, 0.1) is 17.2 Å². The van der Waals surface area contributed by atoms with Gasteiger partial charge < -0.3 is 5.32 Å². The van der Waals surface area contributed by atoms with Crippen LogP contribution in [0.25, 0.3) is 16.9 Å². The molecule has 3 rings (SSSR count). The highest BCUT2D eigenvalue weighted by Crippen LogP contribution is 2.36. The Hall–Kier alpha value is -3.72. The fraction of sp³-hybridized carbons (Fsp3) is 0.333. The number of allylic oxidation sites excluding steroid dienone is 2. The second-order valence-corrected chi connectivity index (χ2v) is 8.30. The second kappa shape index (κ2) is 10.7. The Morgan fingerprint density at radius 2 is 2.06 bits per heavy atom. The number of rotatable bonds is 9. The van der Waals surface area contributed by atoms with Crippen LogP contribution in [0.1, 0.15) is 68.7 Å². The summed E-state index contributed by atoms with van der Waals surface area (Å²) in [5.74, 6) is 0.593. The first-order valence-electron chi connectivity index (χ1n) is 11.4. The molecule has 2 aromatic heterocycles. The predicted octanol–water partition coefficient (Wildman–Crippen LogP) is 5.83. The van der Waals surface area contributed by atoms with Crippen LogP contribution in [0.5, 0.6) is 0 Å². The molecule has 33 heavy (non-hydrogen) atoms. The van der Waals surface area contributed by atoms with Crippen molar-refractivity contribution >= 4 is 23.1 Å².